The van der Waals surface area contributed by atoms with E-state index in [0.29, 0.717) is 23.7 Å². The molecule has 0 fully saturated rings. The molecule has 1 atom stereocenters. The number of aryl methyl sites for hydroxylation is 1. The maximum absolute atomic E-state index is 13.6. The monoisotopic (exact) mass is 496 g/mol. The SMILES string of the molecule is CCOc1ccc(S(=O)(=O)N(CC(=O)N[C@@H](C)c2ccccc2OC)Cc2ccccc2)cc1C. The molecule has 1 amide bonds. The number of hydrogen-bond donors (Lipinski definition) is 1. The normalized spacial score (nSPS) is 12.3. The van der Waals surface area contributed by atoms with Gasteiger partial charge in [-0.25, -0.2) is 8.42 Å². The number of sulfonamides is 1. The summed E-state index contributed by atoms with van der Waals surface area (Å²) in [6.07, 6.45) is 0. The fourth-order valence-electron chi connectivity index (χ4n) is 3.81. The predicted molar refractivity (Wildman–Crippen MR) is 136 cm³/mol. The van der Waals surface area contributed by atoms with Gasteiger partial charge in [0.05, 0.1) is 31.2 Å². The Morgan fingerprint density at radius 3 is 2.34 bits per heavy atom. The number of para-hydroxylation sites is 1. The molecule has 0 aromatic heterocycles. The number of nitrogens with one attached hydrogen (secondary N) is 1. The van der Waals surface area contributed by atoms with E-state index in [0.717, 1.165) is 11.1 Å². The second-order valence-corrected chi connectivity index (χ2v) is 10.1. The van der Waals surface area contributed by atoms with Gasteiger partial charge >= 0.3 is 0 Å². The van der Waals surface area contributed by atoms with Crippen LogP contribution in [0, 0.1) is 6.92 Å². The van der Waals surface area contributed by atoms with Crippen molar-refractivity contribution in [2.24, 2.45) is 0 Å². The molecule has 186 valence electrons. The zero-order valence-corrected chi connectivity index (χ0v) is 21.3. The highest BCUT2D eigenvalue weighted by molar-refractivity contribution is 7.89. The molecule has 0 spiro atoms. The average molecular weight is 497 g/mol. The molecule has 3 aromatic rings. The predicted octanol–water partition coefficient (Wildman–Crippen LogP) is 4.47. The smallest absolute Gasteiger partial charge is 0.243 e. The maximum Gasteiger partial charge on any atom is 0.243 e. The number of rotatable bonds is 11. The van der Waals surface area contributed by atoms with Crippen molar-refractivity contribution in [3.63, 3.8) is 0 Å². The molecule has 0 heterocycles. The van der Waals surface area contributed by atoms with Gasteiger partial charge in [0.1, 0.15) is 11.5 Å². The van der Waals surface area contributed by atoms with E-state index in [2.05, 4.69) is 5.32 Å². The summed E-state index contributed by atoms with van der Waals surface area (Å²) in [6.45, 7) is 5.72. The highest BCUT2D eigenvalue weighted by atomic mass is 32.2. The van der Waals surface area contributed by atoms with Crippen LogP contribution >= 0.6 is 0 Å². The van der Waals surface area contributed by atoms with Gasteiger partial charge in [0.25, 0.3) is 0 Å². The van der Waals surface area contributed by atoms with Gasteiger partial charge in [-0.1, -0.05) is 48.5 Å². The molecular weight excluding hydrogens is 464 g/mol. The van der Waals surface area contributed by atoms with Gasteiger partial charge in [-0.2, -0.15) is 4.31 Å². The van der Waals surface area contributed by atoms with Crippen LogP contribution in [0.25, 0.3) is 0 Å². The molecule has 0 unspecified atom stereocenters. The van der Waals surface area contributed by atoms with Gasteiger partial charge in [0.2, 0.25) is 15.9 Å². The molecule has 8 heteroatoms. The Bertz CT molecular complexity index is 1250. The van der Waals surface area contributed by atoms with Crippen molar-refractivity contribution in [3.8, 4) is 11.5 Å². The topological polar surface area (TPSA) is 84.9 Å². The number of nitrogens with zero attached hydrogens (tertiary/aromatic N) is 1. The molecule has 3 rings (SSSR count). The highest BCUT2D eigenvalue weighted by Crippen LogP contribution is 2.26. The summed E-state index contributed by atoms with van der Waals surface area (Å²) in [5, 5.41) is 2.90. The van der Waals surface area contributed by atoms with Gasteiger partial charge in [-0.15, -0.1) is 0 Å². The number of benzene rings is 3. The summed E-state index contributed by atoms with van der Waals surface area (Å²) in [4.78, 5) is 13.1. The Morgan fingerprint density at radius 2 is 1.69 bits per heavy atom. The Morgan fingerprint density at radius 1 is 1.00 bits per heavy atom. The molecule has 0 radical (unpaired) electrons. The van der Waals surface area contributed by atoms with Crippen LogP contribution in [0.3, 0.4) is 0 Å². The van der Waals surface area contributed by atoms with Crippen molar-refractivity contribution < 1.29 is 22.7 Å². The fourth-order valence-corrected chi connectivity index (χ4v) is 5.28. The number of methoxy groups -OCH3 is 1. The Balaban J connectivity index is 1.86. The van der Waals surface area contributed by atoms with Crippen molar-refractivity contribution in [1.82, 2.24) is 9.62 Å². The van der Waals surface area contributed by atoms with E-state index < -0.39 is 15.9 Å². The van der Waals surface area contributed by atoms with Crippen LogP contribution in [0.1, 0.15) is 36.6 Å². The van der Waals surface area contributed by atoms with E-state index in [1.807, 2.05) is 68.4 Å². The van der Waals surface area contributed by atoms with E-state index in [1.54, 1.807) is 26.2 Å². The minimum absolute atomic E-state index is 0.0614. The molecule has 3 aromatic carbocycles. The van der Waals surface area contributed by atoms with Gasteiger partial charge in [0, 0.05) is 12.1 Å². The zero-order chi connectivity index (χ0) is 25.4. The van der Waals surface area contributed by atoms with E-state index in [9.17, 15) is 13.2 Å². The van der Waals surface area contributed by atoms with Crippen LogP contribution in [-0.4, -0.2) is 38.9 Å². The van der Waals surface area contributed by atoms with E-state index in [4.69, 9.17) is 9.47 Å². The van der Waals surface area contributed by atoms with Crippen LogP contribution in [0.15, 0.2) is 77.7 Å². The second-order valence-electron chi connectivity index (χ2n) is 8.15. The van der Waals surface area contributed by atoms with E-state index >= 15 is 0 Å². The molecule has 0 aliphatic rings. The van der Waals surface area contributed by atoms with Crippen molar-refractivity contribution >= 4 is 15.9 Å². The van der Waals surface area contributed by atoms with Crippen LogP contribution in [0.5, 0.6) is 11.5 Å². The first-order chi connectivity index (χ1) is 16.8. The number of carbonyl (C=O) groups excluding carboxylic acids is 1. The third-order valence-corrected chi connectivity index (χ3v) is 7.38. The molecule has 0 bridgehead atoms. The van der Waals surface area contributed by atoms with Gasteiger partial charge < -0.3 is 14.8 Å². The Hall–Kier alpha value is -3.36. The fraction of sp³-hybridized carbons (Fsp3) is 0.296. The summed E-state index contributed by atoms with van der Waals surface area (Å²) in [5.41, 5.74) is 2.30. The van der Waals surface area contributed by atoms with Gasteiger partial charge in [0.15, 0.2) is 0 Å². The number of hydrogen-bond acceptors (Lipinski definition) is 5. The third-order valence-electron chi connectivity index (χ3n) is 5.59. The maximum atomic E-state index is 13.6. The van der Waals surface area contributed by atoms with Crippen molar-refractivity contribution in [3.05, 3.63) is 89.5 Å². The van der Waals surface area contributed by atoms with Crippen LogP contribution in [0.2, 0.25) is 0 Å². The standard InChI is InChI=1S/C27H32N2O5S/c1-5-34-25-16-15-23(17-20(25)2)35(31,32)29(18-22-11-7-6-8-12-22)19-27(30)28-21(3)24-13-9-10-14-26(24)33-4/h6-17,21H,5,18-19H2,1-4H3,(H,28,30)/t21-/m0/s1. The molecule has 0 aliphatic heterocycles. The van der Waals surface area contributed by atoms with Crippen molar-refractivity contribution in [2.75, 3.05) is 20.3 Å². The Labute approximate surface area is 207 Å². The van der Waals surface area contributed by atoms with Gasteiger partial charge in [-0.3, -0.25) is 4.79 Å². The quantitative estimate of drug-likeness (QED) is 0.423. The number of ether oxygens (including phenoxy) is 2. The molecule has 0 aliphatic carbocycles. The lowest BCUT2D eigenvalue weighted by Crippen LogP contribution is -2.41. The van der Waals surface area contributed by atoms with Crippen LogP contribution < -0.4 is 14.8 Å². The van der Waals surface area contributed by atoms with E-state index in [1.165, 1.54) is 10.4 Å². The zero-order valence-electron chi connectivity index (χ0n) is 20.5. The lowest BCUT2D eigenvalue weighted by atomic mass is 10.1. The first-order valence-electron chi connectivity index (χ1n) is 11.5. The number of amides is 1. The average Bonchev–Trinajstić information content (AvgIpc) is 2.85. The molecule has 35 heavy (non-hydrogen) atoms. The molecule has 1 N–H and O–H groups in total. The molecular formula is C27H32N2O5S. The van der Waals surface area contributed by atoms with Crippen LogP contribution in [0.4, 0.5) is 0 Å². The lowest BCUT2D eigenvalue weighted by Gasteiger charge is -2.24. The number of carbonyl (C=O) groups is 1. The van der Waals surface area contributed by atoms with Crippen LogP contribution in [-0.2, 0) is 21.4 Å². The summed E-state index contributed by atoms with van der Waals surface area (Å²) in [5.74, 6) is 0.869. The summed E-state index contributed by atoms with van der Waals surface area (Å²) in [7, 11) is -2.40. The van der Waals surface area contributed by atoms with Crippen molar-refractivity contribution in [2.45, 2.75) is 38.3 Å². The second kappa shape index (κ2) is 11.9. The first kappa shape index (κ1) is 26.2. The third kappa shape index (κ3) is 6.61. The Kier molecular flexibility index (Phi) is 8.89. The first-order valence-corrected chi connectivity index (χ1v) is 12.9. The minimum atomic E-state index is -3.97. The summed E-state index contributed by atoms with van der Waals surface area (Å²) in [6, 6.07) is 21.0. The summed E-state index contributed by atoms with van der Waals surface area (Å²) >= 11 is 0. The van der Waals surface area contributed by atoms with Crippen molar-refractivity contribution in [1.29, 1.82) is 0 Å². The molecule has 0 saturated carbocycles. The summed E-state index contributed by atoms with van der Waals surface area (Å²) < 4.78 is 39.4. The molecule has 7 nitrogen and oxygen atoms in total. The largest absolute Gasteiger partial charge is 0.496 e. The van der Waals surface area contributed by atoms with E-state index in [-0.39, 0.29) is 24.0 Å². The molecule has 0 saturated heterocycles. The highest BCUT2D eigenvalue weighted by Gasteiger charge is 2.28. The minimum Gasteiger partial charge on any atom is -0.496 e. The van der Waals surface area contributed by atoms with Gasteiger partial charge in [-0.05, 0) is 56.2 Å². The lowest BCUT2D eigenvalue weighted by molar-refractivity contribution is -0.122.